The second-order valence-electron chi connectivity index (χ2n) is 11.6. The third-order valence-electron chi connectivity index (χ3n) is 9.53. The molecule has 9 heteroatoms. The van der Waals surface area contributed by atoms with Crippen LogP contribution in [-0.2, 0) is 19.2 Å². The molecule has 3 fully saturated rings. The van der Waals surface area contributed by atoms with Gasteiger partial charge in [0.05, 0.1) is 33.9 Å². The Bertz CT molecular complexity index is 1520. The fourth-order valence-electron chi connectivity index (χ4n) is 7.63. The lowest BCUT2D eigenvalue weighted by molar-refractivity contribution is -0.140. The zero-order valence-corrected chi connectivity index (χ0v) is 23.2. The van der Waals surface area contributed by atoms with Gasteiger partial charge in [-0.25, -0.2) is 9.29 Å². The number of likely N-dealkylation sites (tertiary alicyclic amines) is 1. The largest absolute Gasteiger partial charge is 0.508 e. The van der Waals surface area contributed by atoms with Gasteiger partial charge in [0.15, 0.2) is 0 Å². The topological polar surface area (TPSA) is 95.0 Å². The number of aromatic hydroxyl groups is 1. The molecule has 1 N–H and O–H groups in total. The van der Waals surface area contributed by atoms with Gasteiger partial charge in [-0.05, 0) is 74.4 Å². The summed E-state index contributed by atoms with van der Waals surface area (Å²) in [6, 6.07) is 8.91. The van der Waals surface area contributed by atoms with Crippen molar-refractivity contribution in [3.05, 3.63) is 70.0 Å². The number of nitrogens with zero attached hydrogens (tertiary/aromatic N) is 2. The molecule has 7 nitrogen and oxygen atoms in total. The summed E-state index contributed by atoms with van der Waals surface area (Å²) < 4.78 is 14.0. The number of aryl methyl sites for hydroxylation is 1. The number of halogens is 2. The van der Waals surface area contributed by atoms with Crippen molar-refractivity contribution in [2.45, 2.75) is 46.0 Å². The third-order valence-corrected chi connectivity index (χ3v) is 9.82. The van der Waals surface area contributed by atoms with Crippen LogP contribution >= 0.6 is 11.6 Å². The van der Waals surface area contributed by atoms with Gasteiger partial charge in [-0.2, -0.15) is 0 Å². The molecule has 2 aliphatic carbocycles. The third kappa shape index (κ3) is 3.54. The van der Waals surface area contributed by atoms with Crippen LogP contribution in [0.15, 0.2) is 48.0 Å². The Morgan fingerprint density at radius 2 is 1.80 bits per heavy atom. The number of benzene rings is 2. The maximum atomic E-state index is 14.3. The SMILES string of the molecule is CCCN1C(=O)[C@H]2[C@H](CC=C3[C@H]2C[C@H]2C(=O)N(c4ccc(F)c(Cl)c4)C(=O)[C@@]2(C)[C@H]3c2ccc(O)c(C)c2)C1=O. The zero-order chi connectivity index (χ0) is 28.7. The molecule has 4 amide bonds. The lowest BCUT2D eigenvalue weighted by atomic mass is 9.51. The highest BCUT2D eigenvalue weighted by Gasteiger charge is 2.67. The average Bonchev–Trinajstić information content (AvgIpc) is 3.27. The van der Waals surface area contributed by atoms with Crippen LogP contribution in [0, 0.1) is 41.8 Å². The van der Waals surface area contributed by atoms with E-state index in [4.69, 9.17) is 11.6 Å². The first-order valence-electron chi connectivity index (χ1n) is 13.7. The van der Waals surface area contributed by atoms with Crippen molar-refractivity contribution in [3.8, 4) is 5.75 Å². The van der Waals surface area contributed by atoms with E-state index in [-0.39, 0.29) is 34.7 Å². The van der Waals surface area contributed by atoms with Crippen LogP contribution < -0.4 is 4.90 Å². The van der Waals surface area contributed by atoms with Gasteiger partial charge >= 0.3 is 0 Å². The van der Waals surface area contributed by atoms with E-state index in [9.17, 15) is 28.7 Å². The highest BCUT2D eigenvalue weighted by Crippen LogP contribution is 2.63. The van der Waals surface area contributed by atoms with Crippen molar-refractivity contribution in [3.63, 3.8) is 0 Å². The van der Waals surface area contributed by atoms with Gasteiger partial charge in [-0.1, -0.05) is 42.3 Å². The van der Waals surface area contributed by atoms with Gasteiger partial charge in [-0.3, -0.25) is 24.1 Å². The minimum Gasteiger partial charge on any atom is -0.508 e. The molecular formula is C31H30ClFN2O5. The molecule has 0 spiro atoms. The molecule has 208 valence electrons. The van der Waals surface area contributed by atoms with Crippen LogP contribution in [0.5, 0.6) is 5.75 Å². The predicted octanol–water partition coefficient (Wildman–Crippen LogP) is 5.13. The van der Waals surface area contributed by atoms with Crippen molar-refractivity contribution in [2.75, 3.05) is 11.4 Å². The standard InChI is InChI=1S/C31H30ClFN2O5/c1-4-11-34-27(37)19-8-7-18-20(25(19)29(34)39)14-21-28(38)35(17-6-9-23(33)22(32)13-17)30(40)31(21,3)26(18)16-5-10-24(36)15(2)12-16/h5-7,9-10,12-13,19-21,25-26,36H,4,8,11,14H2,1-3H3/t19-,20+,21-,25-,26-,31+/m0/s1. The van der Waals surface area contributed by atoms with Crippen molar-refractivity contribution >= 4 is 40.9 Å². The predicted molar refractivity (Wildman–Crippen MR) is 146 cm³/mol. The molecule has 0 unspecified atom stereocenters. The van der Waals surface area contributed by atoms with E-state index >= 15 is 0 Å². The molecule has 1 saturated carbocycles. The fraction of sp³-hybridized carbons (Fsp3) is 0.419. The highest BCUT2D eigenvalue weighted by atomic mass is 35.5. The van der Waals surface area contributed by atoms with Gasteiger partial charge in [0.1, 0.15) is 11.6 Å². The first-order valence-corrected chi connectivity index (χ1v) is 14.1. The van der Waals surface area contributed by atoms with Crippen LogP contribution in [0.2, 0.25) is 5.02 Å². The van der Waals surface area contributed by atoms with E-state index in [0.717, 1.165) is 22.1 Å². The van der Waals surface area contributed by atoms with Crippen LogP contribution in [0.25, 0.3) is 0 Å². The summed E-state index contributed by atoms with van der Waals surface area (Å²) in [6.07, 6.45) is 3.27. The van der Waals surface area contributed by atoms with Gasteiger partial charge in [0, 0.05) is 12.5 Å². The molecule has 0 radical (unpaired) electrons. The molecule has 2 aliphatic heterocycles. The Morgan fingerprint density at radius 3 is 2.48 bits per heavy atom. The number of amides is 4. The first-order chi connectivity index (χ1) is 19.0. The maximum Gasteiger partial charge on any atom is 0.241 e. The molecule has 6 rings (SSSR count). The summed E-state index contributed by atoms with van der Waals surface area (Å²) in [7, 11) is 0. The Morgan fingerprint density at radius 1 is 1.05 bits per heavy atom. The van der Waals surface area contributed by atoms with Crippen molar-refractivity contribution in [2.24, 2.45) is 29.1 Å². The molecule has 2 aromatic rings. The average molecular weight is 565 g/mol. The number of anilines is 1. The summed E-state index contributed by atoms with van der Waals surface area (Å²) in [6.45, 7) is 5.82. The van der Waals surface area contributed by atoms with E-state index in [1.54, 1.807) is 26.0 Å². The number of fused-ring (bicyclic) bond motifs is 4. The summed E-state index contributed by atoms with van der Waals surface area (Å²) >= 11 is 6.03. The number of phenols is 1. The molecule has 2 saturated heterocycles. The maximum absolute atomic E-state index is 14.3. The molecule has 6 atom stereocenters. The van der Waals surface area contributed by atoms with Gasteiger partial charge in [-0.15, -0.1) is 0 Å². The minimum absolute atomic E-state index is 0.110. The summed E-state index contributed by atoms with van der Waals surface area (Å²) in [5.41, 5.74) is 1.22. The number of hydrogen-bond donors (Lipinski definition) is 1. The highest BCUT2D eigenvalue weighted by molar-refractivity contribution is 6.31. The number of allylic oxidation sites excluding steroid dienone is 2. The number of phenolic OH excluding ortho intramolecular Hbond substituents is 1. The van der Waals surface area contributed by atoms with Gasteiger partial charge < -0.3 is 5.11 Å². The Kier molecular flexibility index (Phi) is 6.18. The molecular weight excluding hydrogens is 535 g/mol. The molecule has 0 bridgehead atoms. The fourth-order valence-corrected chi connectivity index (χ4v) is 7.81. The Hall–Kier alpha value is -3.52. The van der Waals surface area contributed by atoms with Crippen LogP contribution in [0.1, 0.15) is 50.2 Å². The quantitative estimate of drug-likeness (QED) is 0.410. The van der Waals surface area contributed by atoms with E-state index in [1.165, 1.54) is 17.0 Å². The molecule has 4 aliphatic rings. The van der Waals surface area contributed by atoms with E-state index < -0.39 is 52.6 Å². The number of hydrogen-bond acceptors (Lipinski definition) is 5. The number of imide groups is 2. The summed E-state index contributed by atoms with van der Waals surface area (Å²) in [4.78, 5) is 57.7. The summed E-state index contributed by atoms with van der Waals surface area (Å²) in [5, 5.41) is 10.1. The zero-order valence-electron chi connectivity index (χ0n) is 22.5. The van der Waals surface area contributed by atoms with Crippen molar-refractivity contribution in [1.82, 2.24) is 4.90 Å². The lowest BCUT2D eigenvalue weighted by Gasteiger charge is -2.49. The molecule has 2 aromatic carbocycles. The Balaban J connectivity index is 1.52. The van der Waals surface area contributed by atoms with E-state index in [2.05, 4.69) is 0 Å². The Labute approximate surface area is 236 Å². The first kappa shape index (κ1) is 26.7. The lowest BCUT2D eigenvalue weighted by Crippen LogP contribution is -2.48. The van der Waals surface area contributed by atoms with Crippen molar-refractivity contribution < 1.29 is 28.7 Å². The van der Waals surface area contributed by atoms with Gasteiger partial charge in [0.2, 0.25) is 23.6 Å². The number of rotatable bonds is 4. The van der Waals surface area contributed by atoms with Crippen LogP contribution in [0.3, 0.4) is 0 Å². The molecule has 0 aromatic heterocycles. The number of carbonyl (C=O) groups excluding carboxylic acids is 4. The normalized spacial score (nSPS) is 31.3. The number of carbonyl (C=O) groups is 4. The second-order valence-corrected chi connectivity index (χ2v) is 12.0. The van der Waals surface area contributed by atoms with Crippen molar-refractivity contribution in [1.29, 1.82) is 0 Å². The molecule has 2 heterocycles. The van der Waals surface area contributed by atoms with Crippen LogP contribution in [0.4, 0.5) is 10.1 Å². The smallest absolute Gasteiger partial charge is 0.241 e. The van der Waals surface area contributed by atoms with E-state index in [0.29, 0.717) is 24.9 Å². The second kappa shape index (κ2) is 9.26. The molecule has 40 heavy (non-hydrogen) atoms. The monoisotopic (exact) mass is 564 g/mol. The minimum atomic E-state index is -1.22. The van der Waals surface area contributed by atoms with E-state index in [1.807, 2.05) is 19.1 Å². The summed E-state index contributed by atoms with van der Waals surface area (Å²) in [5.74, 6) is -4.63. The van der Waals surface area contributed by atoms with Gasteiger partial charge in [0.25, 0.3) is 0 Å². The van der Waals surface area contributed by atoms with Crippen LogP contribution in [-0.4, -0.2) is 40.2 Å².